The quantitative estimate of drug-likeness (QED) is 0.643. The number of hydrogen-bond donors (Lipinski definition) is 0. The summed E-state index contributed by atoms with van der Waals surface area (Å²) in [6.45, 7) is 0.717. The molecule has 4 heteroatoms. The van der Waals surface area contributed by atoms with Crippen molar-refractivity contribution in [3.8, 4) is 5.75 Å². The van der Waals surface area contributed by atoms with Gasteiger partial charge in [-0.3, -0.25) is 0 Å². The van der Waals surface area contributed by atoms with Crippen LogP contribution in [0.1, 0.15) is 5.69 Å². The highest BCUT2D eigenvalue weighted by Crippen LogP contribution is 2.30. The summed E-state index contributed by atoms with van der Waals surface area (Å²) in [6, 6.07) is 1.86. The highest BCUT2D eigenvalue weighted by atomic mass is 79.9. The molecule has 11 heavy (non-hydrogen) atoms. The molecule has 0 saturated carbocycles. The lowest BCUT2D eigenvalue weighted by molar-refractivity contribution is 0.356. The van der Waals surface area contributed by atoms with Gasteiger partial charge in [0.2, 0.25) is 0 Å². The van der Waals surface area contributed by atoms with E-state index < -0.39 is 0 Å². The second kappa shape index (κ2) is 2.64. The molecule has 1 aromatic rings. The van der Waals surface area contributed by atoms with E-state index >= 15 is 0 Å². The number of rotatable bonds is 0. The van der Waals surface area contributed by atoms with Crippen LogP contribution in [0.5, 0.6) is 5.75 Å². The van der Waals surface area contributed by atoms with Crippen LogP contribution in [0.15, 0.2) is 10.5 Å². The normalized spacial score (nSPS) is 14.4. The van der Waals surface area contributed by atoms with Crippen LogP contribution in [0.3, 0.4) is 0 Å². The monoisotopic (exact) mass is 233 g/mol. The van der Waals surface area contributed by atoms with Crippen LogP contribution < -0.4 is 4.74 Å². The maximum absolute atomic E-state index is 5.78. The minimum Gasteiger partial charge on any atom is -0.491 e. The highest BCUT2D eigenvalue weighted by Gasteiger charge is 2.15. The van der Waals surface area contributed by atoms with E-state index in [9.17, 15) is 0 Å². The molecule has 1 aliphatic rings. The van der Waals surface area contributed by atoms with E-state index in [2.05, 4.69) is 20.9 Å². The standard InChI is InChI=1S/C7H5BrClNO/c8-4-3-6-5(1-2-11-6)10-7(4)9/h3H,1-2H2. The molecule has 0 atom stereocenters. The molecule has 0 amide bonds. The van der Waals surface area contributed by atoms with Crippen molar-refractivity contribution in [2.45, 2.75) is 6.42 Å². The van der Waals surface area contributed by atoms with E-state index in [1.54, 1.807) is 0 Å². The second-order valence-electron chi connectivity index (χ2n) is 2.30. The third-order valence-electron chi connectivity index (χ3n) is 1.57. The topological polar surface area (TPSA) is 22.1 Å². The smallest absolute Gasteiger partial charge is 0.143 e. The van der Waals surface area contributed by atoms with E-state index in [-0.39, 0.29) is 0 Å². The fourth-order valence-electron chi connectivity index (χ4n) is 1.05. The van der Waals surface area contributed by atoms with Crippen molar-refractivity contribution in [3.63, 3.8) is 0 Å². The van der Waals surface area contributed by atoms with Gasteiger partial charge in [0.25, 0.3) is 0 Å². The Morgan fingerprint density at radius 1 is 1.64 bits per heavy atom. The Morgan fingerprint density at radius 2 is 2.45 bits per heavy atom. The third kappa shape index (κ3) is 1.23. The average Bonchev–Trinajstić information content (AvgIpc) is 2.36. The molecule has 0 aromatic carbocycles. The van der Waals surface area contributed by atoms with Crippen LogP contribution in [0.4, 0.5) is 0 Å². The average molecular weight is 234 g/mol. The summed E-state index contributed by atoms with van der Waals surface area (Å²) in [7, 11) is 0. The predicted molar refractivity (Wildman–Crippen MR) is 46.1 cm³/mol. The summed E-state index contributed by atoms with van der Waals surface area (Å²) >= 11 is 9.05. The van der Waals surface area contributed by atoms with Gasteiger partial charge in [-0.1, -0.05) is 11.6 Å². The Hall–Kier alpha value is -0.280. The van der Waals surface area contributed by atoms with Gasteiger partial charge in [-0.05, 0) is 22.0 Å². The van der Waals surface area contributed by atoms with Crippen molar-refractivity contribution in [1.29, 1.82) is 0 Å². The summed E-state index contributed by atoms with van der Waals surface area (Å²) in [5.74, 6) is 0.848. The van der Waals surface area contributed by atoms with Crippen molar-refractivity contribution in [3.05, 3.63) is 21.4 Å². The number of halogens is 2. The van der Waals surface area contributed by atoms with Gasteiger partial charge in [-0.15, -0.1) is 0 Å². The molecule has 0 N–H and O–H groups in total. The van der Waals surface area contributed by atoms with Crippen molar-refractivity contribution in [2.75, 3.05) is 6.61 Å². The molecule has 2 heterocycles. The molecule has 0 saturated heterocycles. The minimum atomic E-state index is 0.509. The van der Waals surface area contributed by atoms with Crippen LogP contribution in [0.2, 0.25) is 5.15 Å². The minimum absolute atomic E-state index is 0.509. The molecule has 2 rings (SSSR count). The Balaban J connectivity index is 2.57. The van der Waals surface area contributed by atoms with Gasteiger partial charge in [0, 0.05) is 6.42 Å². The largest absolute Gasteiger partial charge is 0.491 e. The number of nitrogens with zero attached hydrogens (tertiary/aromatic N) is 1. The van der Waals surface area contributed by atoms with Crippen molar-refractivity contribution in [2.24, 2.45) is 0 Å². The maximum atomic E-state index is 5.78. The molecule has 0 aliphatic carbocycles. The lowest BCUT2D eigenvalue weighted by atomic mass is 10.3. The SMILES string of the molecule is Clc1nc2c(cc1Br)OCC2. The van der Waals surface area contributed by atoms with E-state index in [0.29, 0.717) is 5.15 Å². The van der Waals surface area contributed by atoms with Crippen LogP contribution in [0.25, 0.3) is 0 Å². The van der Waals surface area contributed by atoms with Gasteiger partial charge < -0.3 is 4.74 Å². The lowest BCUT2D eigenvalue weighted by Gasteiger charge is -1.99. The van der Waals surface area contributed by atoms with Gasteiger partial charge in [-0.2, -0.15) is 0 Å². The first-order valence-corrected chi connectivity index (χ1v) is 4.42. The lowest BCUT2D eigenvalue weighted by Crippen LogP contribution is -1.86. The fourth-order valence-corrected chi connectivity index (χ4v) is 1.50. The number of hydrogen-bond acceptors (Lipinski definition) is 2. The predicted octanol–water partition coefficient (Wildman–Crippen LogP) is 2.43. The van der Waals surface area contributed by atoms with Gasteiger partial charge in [0.05, 0.1) is 16.8 Å². The summed E-state index contributed by atoms with van der Waals surface area (Å²) in [5.41, 5.74) is 0.957. The summed E-state index contributed by atoms with van der Waals surface area (Å²) < 4.78 is 6.07. The van der Waals surface area contributed by atoms with Crippen LogP contribution in [0, 0.1) is 0 Å². The van der Waals surface area contributed by atoms with Crippen LogP contribution in [-0.2, 0) is 6.42 Å². The molecular weight excluding hydrogens is 229 g/mol. The number of pyridine rings is 1. The van der Waals surface area contributed by atoms with Crippen molar-refractivity contribution >= 4 is 27.5 Å². The van der Waals surface area contributed by atoms with Gasteiger partial charge >= 0.3 is 0 Å². The van der Waals surface area contributed by atoms with E-state index in [4.69, 9.17) is 16.3 Å². The molecule has 1 aliphatic heterocycles. The van der Waals surface area contributed by atoms with Crippen molar-refractivity contribution in [1.82, 2.24) is 4.98 Å². The number of ether oxygens (including phenoxy) is 1. The first-order chi connectivity index (χ1) is 5.27. The molecular formula is C7H5BrClNO. The summed E-state index contributed by atoms with van der Waals surface area (Å²) in [6.07, 6.45) is 0.863. The van der Waals surface area contributed by atoms with Crippen molar-refractivity contribution < 1.29 is 4.74 Å². The second-order valence-corrected chi connectivity index (χ2v) is 3.52. The zero-order chi connectivity index (χ0) is 7.84. The van der Waals surface area contributed by atoms with Gasteiger partial charge in [-0.25, -0.2) is 4.98 Å². The maximum Gasteiger partial charge on any atom is 0.143 e. The summed E-state index contributed by atoms with van der Waals surface area (Å²) in [5, 5.41) is 0.509. The molecule has 0 bridgehead atoms. The third-order valence-corrected chi connectivity index (χ3v) is 2.69. The highest BCUT2D eigenvalue weighted by molar-refractivity contribution is 9.10. The Kier molecular flexibility index (Phi) is 1.77. The van der Waals surface area contributed by atoms with E-state index in [1.165, 1.54) is 0 Å². The van der Waals surface area contributed by atoms with Crippen LogP contribution >= 0.6 is 27.5 Å². The molecule has 58 valence electrons. The summed E-state index contributed by atoms with van der Waals surface area (Å²) in [4.78, 5) is 4.15. The van der Waals surface area contributed by atoms with E-state index in [0.717, 1.165) is 28.9 Å². The molecule has 0 radical (unpaired) electrons. The first-order valence-electron chi connectivity index (χ1n) is 3.25. The van der Waals surface area contributed by atoms with Crippen LogP contribution in [-0.4, -0.2) is 11.6 Å². The first kappa shape index (κ1) is 7.37. The molecule has 1 aromatic heterocycles. The van der Waals surface area contributed by atoms with Gasteiger partial charge in [0.1, 0.15) is 10.9 Å². The van der Waals surface area contributed by atoms with Gasteiger partial charge in [0.15, 0.2) is 0 Å². The number of fused-ring (bicyclic) bond motifs is 1. The zero-order valence-electron chi connectivity index (χ0n) is 5.60. The molecule has 2 nitrogen and oxygen atoms in total. The molecule has 0 unspecified atom stereocenters. The molecule has 0 spiro atoms. The fraction of sp³-hybridized carbons (Fsp3) is 0.286. The Bertz CT molecular complexity index is 274. The number of aromatic nitrogens is 1. The van der Waals surface area contributed by atoms with E-state index in [1.807, 2.05) is 6.07 Å². The zero-order valence-corrected chi connectivity index (χ0v) is 7.94. The molecule has 0 fully saturated rings. The Labute approximate surface area is 77.7 Å². The Morgan fingerprint density at radius 3 is 3.27 bits per heavy atom.